The number of rotatable bonds is 4. The van der Waals surface area contributed by atoms with Gasteiger partial charge < -0.3 is 0 Å². The molecule has 46 heavy (non-hydrogen) atoms. The van der Waals surface area contributed by atoms with Gasteiger partial charge in [0.15, 0.2) is 0 Å². The van der Waals surface area contributed by atoms with Gasteiger partial charge >= 0.3 is 0 Å². The van der Waals surface area contributed by atoms with Crippen molar-refractivity contribution in [1.82, 2.24) is 0 Å². The minimum absolute atomic E-state index is 1.22. The van der Waals surface area contributed by atoms with Crippen LogP contribution in [0.4, 0.5) is 0 Å². The van der Waals surface area contributed by atoms with Crippen molar-refractivity contribution in [3.63, 3.8) is 0 Å². The maximum atomic E-state index is 2.41. The van der Waals surface area contributed by atoms with E-state index >= 15 is 0 Å². The summed E-state index contributed by atoms with van der Waals surface area (Å²) in [4.78, 5) is 0. The molecule has 0 aliphatic heterocycles. The van der Waals surface area contributed by atoms with E-state index in [-0.39, 0.29) is 0 Å². The molecule has 0 heterocycles. The summed E-state index contributed by atoms with van der Waals surface area (Å²) in [7, 11) is 0. The van der Waals surface area contributed by atoms with Crippen molar-refractivity contribution in [3.05, 3.63) is 182 Å². The lowest BCUT2D eigenvalue weighted by Gasteiger charge is -2.21. The summed E-state index contributed by atoms with van der Waals surface area (Å²) < 4.78 is 0. The Morgan fingerprint density at radius 1 is 0.217 bits per heavy atom. The van der Waals surface area contributed by atoms with E-state index in [2.05, 4.69) is 182 Å². The van der Waals surface area contributed by atoms with Gasteiger partial charge in [-0.25, -0.2) is 0 Å². The topological polar surface area (TPSA) is 0 Å². The van der Waals surface area contributed by atoms with Crippen LogP contribution in [0.5, 0.6) is 0 Å². The molecule has 0 atom stereocenters. The summed E-state index contributed by atoms with van der Waals surface area (Å²) >= 11 is 0. The molecule has 0 amide bonds. The molecular weight excluding hydrogens is 553 g/mol. The van der Waals surface area contributed by atoms with E-state index in [1.165, 1.54) is 87.6 Å². The first-order valence-electron chi connectivity index (χ1n) is 15.9. The molecule has 0 saturated carbocycles. The number of fused-ring (bicyclic) bond motifs is 4. The van der Waals surface area contributed by atoms with Crippen LogP contribution in [0.1, 0.15) is 0 Å². The van der Waals surface area contributed by atoms with Gasteiger partial charge in [-0.1, -0.05) is 170 Å². The highest BCUT2D eigenvalue weighted by molar-refractivity contribution is 6.23. The van der Waals surface area contributed by atoms with Crippen molar-refractivity contribution in [2.75, 3.05) is 0 Å². The molecule has 0 nitrogen and oxygen atoms in total. The van der Waals surface area contributed by atoms with Gasteiger partial charge in [-0.15, -0.1) is 0 Å². The van der Waals surface area contributed by atoms with Crippen molar-refractivity contribution >= 4 is 43.1 Å². The summed E-state index contributed by atoms with van der Waals surface area (Å²) in [6, 6.07) is 66.6. The Hall–Kier alpha value is -5.98. The Morgan fingerprint density at radius 2 is 0.783 bits per heavy atom. The maximum absolute atomic E-state index is 2.41. The molecule has 9 rings (SSSR count). The highest BCUT2D eigenvalue weighted by Gasteiger charge is 2.20. The lowest BCUT2D eigenvalue weighted by Crippen LogP contribution is -1.94. The molecule has 9 aromatic rings. The molecule has 0 aliphatic rings. The van der Waals surface area contributed by atoms with Gasteiger partial charge in [-0.3, -0.25) is 0 Å². The predicted molar refractivity (Wildman–Crippen MR) is 198 cm³/mol. The zero-order valence-corrected chi connectivity index (χ0v) is 25.3. The van der Waals surface area contributed by atoms with E-state index in [1.807, 2.05) is 0 Å². The second-order valence-electron chi connectivity index (χ2n) is 12.1. The molecule has 9 aromatic carbocycles. The fourth-order valence-corrected chi connectivity index (χ4v) is 7.33. The van der Waals surface area contributed by atoms with Crippen LogP contribution in [0, 0.1) is 0 Å². The smallest absolute Gasteiger partial charge is 0.00201 e. The molecule has 0 fully saturated rings. The normalized spacial score (nSPS) is 11.5. The van der Waals surface area contributed by atoms with Crippen LogP contribution in [0.3, 0.4) is 0 Å². The van der Waals surface area contributed by atoms with E-state index in [9.17, 15) is 0 Å². The second kappa shape index (κ2) is 10.9. The average Bonchev–Trinajstić information content (AvgIpc) is 3.13. The molecule has 0 radical (unpaired) electrons. The minimum Gasteiger partial charge on any atom is -0.0622 e. The molecule has 0 aliphatic carbocycles. The van der Waals surface area contributed by atoms with Crippen LogP contribution < -0.4 is 0 Å². The Balaban J connectivity index is 1.42. The van der Waals surface area contributed by atoms with Gasteiger partial charge in [0.25, 0.3) is 0 Å². The van der Waals surface area contributed by atoms with Crippen LogP contribution >= 0.6 is 0 Å². The minimum atomic E-state index is 1.22. The molecule has 214 valence electrons. The maximum Gasteiger partial charge on any atom is -0.00201 e. The van der Waals surface area contributed by atoms with Crippen molar-refractivity contribution in [3.8, 4) is 44.5 Å². The molecule has 0 N–H and O–H groups in total. The first kappa shape index (κ1) is 26.4. The summed E-state index contributed by atoms with van der Waals surface area (Å²) in [6.07, 6.45) is 0. The molecule has 0 spiro atoms. The van der Waals surface area contributed by atoms with Gasteiger partial charge in [0.05, 0.1) is 0 Å². The molecule has 0 unspecified atom stereocenters. The standard InChI is InChI=1S/C46H30/c1-2-13-31(14-3-1)35-27-28-43-44(30-35)45(36-26-25-32-15-4-5-17-34(32)29-36)41-22-10-11-23-42(41)46(43)40-21-9-8-20-39(40)38-24-12-18-33-16-6-7-19-37(33)38/h1-30H. The van der Waals surface area contributed by atoms with Crippen molar-refractivity contribution in [2.45, 2.75) is 0 Å². The van der Waals surface area contributed by atoms with Crippen LogP contribution in [0.15, 0.2) is 182 Å². The first-order valence-corrected chi connectivity index (χ1v) is 15.9. The van der Waals surface area contributed by atoms with Gasteiger partial charge in [-0.05, 0) is 99.7 Å². The highest BCUT2D eigenvalue weighted by Crippen LogP contribution is 2.47. The molecule has 0 heteroatoms. The van der Waals surface area contributed by atoms with Crippen LogP contribution in [-0.2, 0) is 0 Å². The second-order valence-corrected chi connectivity index (χ2v) is 12.1. The third-order valence-corrected chi connectivity index (χ3v) is 9.45. The fraction of sp³-hybridized carbons (Fsp3) is 0. The van der Waals surface area contributed by atoms with Crippen LogP contribution in [0.2, 0.25) is 0 Å². The van der Waals surface area contributed by atoms with Gasteiger partial charge in [0.1, 0.15) is 0 Å². The third-order valence-electron chi connectivity index (χ3n) is 9.45. The third kappa shape index (κ3) is 4.30. The Morgan fingerprint density at radius 3 is 1.61 bits per heavy atom. The largest absolute Gasteiger partial charge is 0.0622 e. The van der Waals surface area contributed by atoms with E-state index < -0.39 is 0 Å². The Bertz CT molecular complexity index is 2570. The zero-order valence-electron chi connectivity index (χ0n) is 25.3. The lowest BCUT2D eigenvalue weighted by molar-refractivity contribution is 1.62. The summed E-state index contributed by atoms with van der Waals surface area (Å²) in [6.45, 7) is 0. The Kier molecular flexibility index (Phi) is 6.25. The fourth-order valence-electron chi connectivity index (χ4n) is 7.33. The summed E-state index contributed by atoms with van der Waals surface area (Å²) in [5, 5.41) is 10.1. The van der Waals surface area contributed by atoms with E-state index in [4.69, 9.17) is 0 Å². The molecule has 0 saturated heterocycles. The number of hydrogen-bond acceptors (Lipinski definition) is 0. The molecule has 0 aromatic heterocycles. The van der Waals surface area contributed by atoms with Crippen molar-refractivity contribution < 1.29 is 0 Å². The van der Waals surface area contributed by atoms with Crippen LogP contribution in [0.25, 0.3) is 87.6 Å². The Labute approximate surface area is 268 Å². The van der Waals surface area contributed by atoms with E-state index in [0.29, 0.717) is 0 Å². The zero-order chi connectivity index (χ0) is 30.5. The average molecular weight is 583 g/mol. The monoisotopic (exact) mass is 582 g/mol. The predicted octanol–water partition coefficient (Wildman–Crippen LogP) is 13.0. The molecular formula is C46H30. The van der Waals surface area contributed by atoms with Gasteiger partial charge in [0, 0.05) is 0 Å². The SMILES string of the molecule is c1ccc(-c2ccc3c(-c4ccccc4-c4cccc5ccccc45)c4ccccc4c(-c4ccc5ccccc5c4)c3c2)cc1. The summed E-state index contributed by atoms with van der Waals surface area (Å²) in [5.74, 6) is 0. The quantitative estimate of drug-likeness (QED) is 0.181. The molecule has 0 bridgehead atoms. The first-order chi connectivity index (χ1) is 22.8. The van der Waals surface area contributed by atoms with Gasteiger partial charge in [0.2, 0.25) is 0 Å². The lowest BCUT2D eigenvalue weighted by atomic mass is 9.82. The summed E-state index contributed by atoms with van der Waals surface area (Å²) in [5.41, 5.74) is 9.98. The van der Waals surface area contributed by atoms with Crippen molar-refractivity contribution in [2.24, 2.45) is 0 Å². The highest BCUT2D eigenvalue weighted by atomic mass is 14.2. The van der Waals surface area contributed by atoms with E-state index in [0.717, 1.165) is 0 Å². The van der Waals surface area contributed by atoms with Gasteiger partial charge in [-0.2, -0.15) is 0 Å². The number of benzene rings is 9. The number of hydrogen-bond donors (Lipinski definition) is 0. The van der Waals surface area contributed by atoms with Crippen LogP contribution in [-0.4, -0.2) is 0 Å². The van der Waals surface area contributed by atoms with E-state index in [1.54, 1.807) is 0 Å². The van der Waals surface area contributed by atoms with Crippen molar-refractivity contribution in [1.29, 1.82) is 0 Å².